The van der Waals surface area contributed by atoms with Gasteiger partial charge in [0.2, 0.25) is 0 Å². The van der Waals surface area contributed by atoms with Gasteiger partial charge in [-0.25, -0.2) is 9.97 Å². The standard InChI is InChI=1S/C12H11N3O/c13-12-10(16)8-14-11(15-12)7-6-9-4-2-1-3-5-9/h1-8,16H,(H2,13,14,15). The highest BCUT2D eigenvalue weighted by molar-refractivity contribution is 5.67. The van der Waals surface area contributed by atoms with Crippen molar-refractivity contribution >= 4 is 18.0 Å². The average Bonchev–Trinajstić information content (AvgIpc) is 2.32. The summed E-state index contributed by atoms with van der Waals surface area (Å²) in [5.41, 5.74) is 6.51. The lowest BCUT2D eigenvalue weighted by atomic mass is 10.2. The Morgan fingerprint density at radius 2 is 1.88 bits per heavy atom. The smallest absolute Gasteiger partial charge is 0.176 e. The fraction of sp³-hybridized carbons (Fsp3) is 0. The first-order valence-electron chi connectivity index (χ1n) is 4.80. The molecule has 2 rings (SSSR count). The summed E-state index contributed by atoms with van der Waals surface area (Å²) < 4.78 is 0. The first-order chi connectivity index (χ1) is 7.75. The van der Waals surface area contributed by atoms with E-state index in [2.05, 4.69) is 9.97 Å². The summed E-state index contributed by atoms with van der Waals surface area (Å²) in [6, 6.07) is 9.80. The van der Waals surface area contributed by atoms with Crippen LogP contribution in [0.4, 0.5) is 5.82 Å². The first-order valence-corrected chi connectivity index (χ1v) is 4.80. The summed E-state index contributed by atoms with van der Waals surface area (Å²) in [6.07, 6.45) is 4.91. The molecule has 0 amide bonds. The van der Waals surface area contributed by atoms with Crippen LogP contribution in [0, 0.1) is 0 Å². The van der Waals surface area contributed by atoms with Crippen molar-refractivity contribution < 1.29 is 5.11 Å². The van der Waals surface area contributed by atoms with Gasteiger partial charge in [0, 0.05) is 0 Å². The van der Waals surface area contributed by atoms with Crippen LogP contribution in [0.25, 0.3) is 12.2 Å². The fourth-order valence-corrected chi connectivity index (χ4v) is 1.22. The molecule has 0 saturated carbocycles. The average molecular weight is 213 g/mol. The zero-order chi connectivity index (χ0) is 11.4. The van der Waals surface area contributed by atoms with Gasteiger partial charge in [0.25, 0.3) is 0 Å². The molecule has 4 nitrogen and oxygen atoms in total. The Hall–Kier alpha value is -2.36. The van der Waals surface area contributed by atoms with E-state index in [4.69, 9.17) is 10.8 Å². The zero-order valence-corrected chi connectivity index (χ0v) is 8.54. The van der Waals surface area contributed by atoms with Crippen LogP contribution in [-0.4, -0.2) is 15.1 Å². The molecule has 80 valence electrons. The highest BCUT2D eigenvalue weighted by atomic mass is 16.3. The number of benzene rings is 1. The summed E-state index contributed by atoms with van der Waals surface area (Å²) in [4.78, 5) is 7.84. The minimum atomic E-state index is -0.100. The molecule has 0 aliphatic carbocycles. The molecule has 2 aromatic rings. The number of aromatic hydroxyl groups is 1. The van der Waals surface area contributed by atoms with E-state index in [1.165, 1.54) is 6.20 Å². The van der Waals surface area contributed by atoms with Crippen LogP contribution in [-0.2, 0) is 0 Å². The van der Waals surface area contributed by atoms with Gasteiger partial charge in [0.05, 0.1) is 6.20 Å². The van der Waals surface area contributed by atoms with Gasteiger partial charge in [-0.1, -0.05) is 36.4 Å². The van der Waals surface area contributed by atoms with E-state index in [1.54, 1.807) is 6.08 Å². The van der Waals surface area contributed by atoms with E-state index in [1.807, 2.05) is 36.4 Å². The molecule has 0 radical (unpaired) electrons. The van der Waals surface area contributed by atoms with Gasteiger partial charge in [0.1, 0.15) is 0 Å². The second-order valence-corrected chi connectivity index (χ2v) is 3.24. The SMILES string of the molecule is Nc1nc(C=Cc2ccccc2)ncc1O. The lowest BCUT2D eigenvalue weighted by Gasteiger charge is -1.97. The summed E-state index contributed by atoms with van der Waals surface area (Å²) in [5, 5.41) is 9.15. The van der Waals surface area contributed by atoms with Gasteiger partial charge in [-0.3, -0.25) is 0 Å². The zero-order valence-electron chi connectivity index (χ0n) is 8.54. The third-order valence-corrected chi connectivity index (χ3v) is 2.04. The maximum absolute atomic E-state index is 9.15. The maximum atomic E-state index is 9.15. The third-order valence-electron chi connectivity index (χ3n) is 2.04. The number of nitrogens with two attached hydrogens (primary N) is 1. The number of aromatic nitrogens is 2. The number of hydrogen-bond donors (Lipinski definition) is 2. The Kier molecular flexibility index (Phi) is 2.82. The number of hydrogen-bond acceptors (Lipinski definition) is 4. The Morgan fingerprint density at radius 3 is 2.56 bits per heavy atom. The molecule has 1 aromatic carbocycles. The highest BCUT2D eigenvalue weighted by Crippen LogP contribution is 2.15. The lowest BCUT2D eigenvalue weighted by Crippen LogP contribution is -1.94. The Balaban J connectivity index is 2.21. The van der Waals surface area contributed by atoms with E-state index in [-0.39, 0.29) is 11.6 Å². The predicted molar refractivity (Wildman–Crippen MR) is 63.5 cm³/mol. The lowest BCUT2D eigenvalue weighted by molar-refractivity contribution is 0.472. The molecule has 0 aliphatic heterocycles. The van der Waals surface area contributed by atoms with Crippen molar-refractivity contribution in [3.05, 3.63) is 47.9 Å². The molecular formula is C12H11N3O. The molecule has 1 heterocycles. The van der Waals surface area contributed by atoms with Crippen LogP contribution < -0.4 is 5.73 Å². The molecule has 0 saturated heterocycles. The third kappa shape index (κ3) is 2.36. The van der Waals surface area contributed by atoms with E-state index >= 15 is 0 Å². The molecule has 1 aromatic heterocycles. The van der Waals surface area contributed by atoms with Crippen molar-refractivity contribution in [2.45, 2.75) is 0 Å². The molecule has 0 aliphatic rings. The van der Waals surface area contributed by atoms with E-state index in [9.17, 15) is 0 Å². The Bertz CT molecular complexity index is 509. The second kappa shape index (κ2) is 4.44. The molecular weight excluding hydrogens is 202 g/mol. The van der Waals surface area contributed by atoms with Crippen LogP contribution >= 0.6 is 0 Å². The summed E-state index contributed by atoms with van der Waals surface area (Å²) in [7, 11) is 0. The Morgan fingerprint density at radius 1 is 1.12 bits per heavy atom. The van der Waals surface area contributed by atoms with E-state index in [0.717, 1.165) is 5.56 Å². The maximum Gasteiger partial charge on any atom is 0.176 e. The van der Waals surface area contributed by atoms with Gasteiger partial charge >= 0.3 is 0 Å². The number of nitrogen functional groups attached to an aromatic ring is 1. The van der Waals surface area contributed by atoms with Gasteiger partial charge in [-0.2, -0.15) is 0 Å². The number of rotatable bonds is 2. The van der Waals surface area contributed by atoms with Crippen LogP contribution in [0.3, 0.4) is 0 Å². The topological polar surface area (TPSA) is 72.0 Å². The van der Waals surface area contributed by atoms with Crippen LogP contribution in [0.5, 0.6) is 5.75 Å². The van der Waals surface area contributed by atoms with Gasteiger partial charge in [-0.15, -0.1) is 0 Å². The van der Waals surface area contributed by atoms with Crippen molar-refractivity contribution in [1.29, 1.82) is 0 Å². The van der Waals surface area contributed by atoms with Gasteiger partial charge < -0.3 is 10.8 Å². The minimum absolute atomic E-state index is 0.0858. The van der Waals surface area contributed by atoms with Crippen LogP contribution in [0.15, 0.2) is 36.5 Å². The quantitative estimate of drug-likeness (QED) is 0.799. The normalized spacial score (nSPS) is 10.8. The second-order valence-electron chi connectivity index (χ2n) is 3.24. The molecule has 0 bridgehead atoms. The molecule has 16 heavy (non-hydrogen) atoms. The van der Waals surface area contributed by atoms with E-state index in [0.29, 0.717) is 5.82 Å². The van der Waals surface area contributed by atoms with Crippen LogP contribution in [0.2, 0.25) is 0 Å². The number of anilines is 1. The van der Waals surface area contributed by atoms with Crippen molar-refractivity contribution in [2.75, 3.05) is 5.73 Å². The monoisotopic (exact) mass is 213 g/mol. The molecule has 0 atom stereocenters. The van der Waals surface area contributed by atoms with Crippen molar-refractivity contribution in [1.82, 2.24) is 9.97 Å². The molecule has 0 spiro atoms. The summed E-state index contributed by atoms with van der Waals surface area (Å²) >= 11 is 0. The van der Waals surface area contributed by atoms with Crippen molar-refractivity contribution in [3.63, 3.8) is 0 Å². The van der Waals surface area contributed by atoms with Gasteiger partial charge in [-0.05, 0) is 11.6 Å². The van der Waals surface area contributed by atoms with E-state index < -0.39 is 0 Å². The Labute approximate surface area is 93.1 Å². The van der Waals surface area contributed by atoms with Crippen molar-refractivity contribution in [2.24, 2.45) is 0 Å². The fourth-order valence-electron chi connectivity index (χ4n) is 1.22. The van der Waals surface area contributed by atoms with Gasteiger partial charge in [0.15, 0.2) is 17.4 Å². The molecule has 0 fully saturated rings. The largest absolute Gasteiger partial charge is 0.503 e. The molecule has 0 unspecified atom stereocenters. The minimum Gasteiger partial charge on any atom is -0.503 e. The highest BCUT2D eigenvalue weighted by Gasteiger charge is 1.98. The first kappa shape index (κ1) is 10.2. The number of nitrogens with zero attached hydrogens (tertiary/aromatic N) is 2. The summed E-state index contributed by atoms with van der Waals surface area (Å²) in [5.74, 6) is 0.457. The predicted octanol–water partition coefficient (Wildman–Crippen LogP) is 1.93. The summed E-state index contributed by atoms with van der Waals surface area (Å²) in [6.45, 7) is 0. The molecule has 4 heteroatoms. The van der Waals surface area contributed by atoms with Crippen molar-refractivity contribution in [3.8, 4) is 5.75 Å². The van der Waals surface area contributed by atoms with Crippen LogP contribution in [0.1, 0.15) is 11.4 Å². The molecule has 3 N–H and O–H groups in total.